The number of halogens is 3. The number of carbonyl (C=O) groups is 2. The van der Waals surface area contributed by atoms with Crippen molar-refractivity contribution in [2.24, 2.45) is 0 Å². The molecule has 5 nitrogen and oxygen atoms in total. The van der Waals surface area contributed by atoms with Gasteiger partial charge in [-0.2, -0.15) is 13.2 Å². The van der Waals surface area contributed by atoms with Crippen LogP contribution in [-0.4, -0.2) is 23.2 Å². The number of nitrogen functional groups attached to an aromatic ring is 1. The highest BCUT2D eigenvalue weighted by Crippen LogP contribution is 2.17. The van der Waals surface area contributed by atoms with Crippen LogP contribution in [0.3, 0.4) is 0 Å². The highest BCUT2D eigenvalue weighted by Gasteiger charge is 2.38. The van der Waals surface area contributed by atoms with Gasteiger partial charge < -0.3 is 16.2 Å². The zero-order valence-corrected chi connectivity index (χ0v) is 10.2. The van der Waals surface area contributed by atoms with Crippen LogP contribution in [0.25, 0.3) is 0 Å². The number of hydrogen-bond acceptors (Lipinski definition) is 3. The lowest BCUT2D eigenvalue weighted by Gasteiger charge is -2.06. The second-order valence-corrected chi connectivity index (χ2v) is 3.56. The third-order valence-electron chi connectivity index (χ3n) is 1.81. The third kappa shape index (κ3) is 6.92. The Labute approximate surface area is 107 Å². The molecule has 0 heterocycles. The Morgan fingerprint density at radius 2 is 1.79 bits per heavy atom. The van der Waals surface area contributed by atoms with Crippen LogP contribution in [0.4, 0.5) is 24.5 Å². The molecule has 0 fully saturated rings. The topological polar surface area (TPSA) is 92.4 Å². The molecule has 1 aromatic rings. The predicted molar refractivity (Wildman–Crippen MR) is 63.6 cm³/mol. The van der Waals surface area contributed by atoms with E-state index in [0.29, 0.717) is 5.69 Å². The van der Waals surface area contributed by atoms with Crippen molar-refractivity contribution in [1.29, 1.82) is 0 Å². The molecule has 0 aliphatic rings. The summed E-state index contributed by atoms with van der Waals surface area (Å²) in [5, 5.41) is 9.82. The SMILES string of the molecule is CC(=O)Nc1cc(N)ccc1C.O=C(O)C(F)(F)F. The van der Waals surface area contributed by atoms with Crippen LogP contribution in [0.1, 0.15) is 12.5 Å². The summed E-state index contributed by atoms with van der Waals surface area (Å²) >= 11 is 0. The molecule has 0 spiro atoms. The molecule has 0 bridgehead atoms. The van der Waals surface area contributed by atoms with Gasteiger partial charge in [-0.15, -0.1) is 0 Å². The maximum Gasteiger partial charge on any atom is 0.490 e. The number of anilines is 2. The number of carbonyl (C=O) groups excluding carboxylic acids is 1. The number of amides is 1. The van der Waals surface area contributed by atoms with Gasteiger partial charge in [0.25, 0.3) is 0 Å². The lowest BCUT2D eigenvalue weighted by Crippen LogP contribution is -2.21. The normalized spacial score (nSPS) is 10.2. The number of hydrogen-bond donors (Lipinski definition) is 3. The van der Waals surface area contributed by atoms with Gasteiger partial charge in [0, 0.05) is 18.3 Å². The first-order valence-corrected chi connectivity index (χ1v) is 4.98. The summed E-state index contributed by atoms with van der Waals surface area (Å²) in [5.74, 6) is -2.84. The molecule has 0 aliphatic heterocycles. The lowest BCUT2D eigenvalue weighted by atomic mass is 10.2. The van der Waals surface area contributed by atoms with E-state index in [1.165, 1.54) is 6.92 Å². The van der Waals surface area contributed by atoms with Crippen LogP contribution >= 0.6 is 0 Å². The standard InChI is InChI=1S/C9H12N2O.C2HF3O2/c1-6-3-4-8(10)5-9(6)11-7(2)12;3-2(4,5)1(6)7/h3-5H,10H2,1-2H3,(H,11,12);(H,6,7). The number of carboxylic acid groups (broad SMARTS) is 1. The summed E-state index contributed by atoms with van der Waals surface area (Å²) < 4.78 is 31.7. The van der Waals surface area contributed by atoms with Gasteiger partial charge in [-0.1, -0.05) is 6.07 Å². The second kappa shape index (κ2) is 6.62. The van der Waals surface area contributed by atoms with Gasteiger partial charge >= 0.3 is 12.1 Å². The monoisotopic (exact) mass is 278 g/mol. The van der Waals surface area contributed by atoms with Crippen molar-refractivity contribution in [3.05, 3.63) is 23.8 Å². The van der Waals surface area contributed by atoms with E-state index in [2.05, 4.69) is 5.32 Å². The quantitative estimate of drug-likeness (QED) is 0.686. The molecule has 1 rings (SSSR count). The fourth-order valence-corrected chi connectivity index (χ4v) is 0.964. The molecule has 0 unspecified atom stereocenters. The van der Waals surface area contributed by atoms with Gasteiger partial charge in [0.2, 0.25) is 5.91 Å². The third-order valence-corrected chi connectivity index (χ3v) is 1.81. The lowest BCUT2D eigenvalue weighted by molar-refractivity contribution is -0.192. The Morgan fingerprint density at radius 3 is 2.16 bits per heavy atom. The Balaban J connectivity index is 0.000000399. The van der Waals surface area contributed by atoms with Crippen molar-refractivity contribution >= 4 is 23.3 Å². The first-order chi connectivity index (χ1) is 8.54. The summed E-state index contributed by atoms with van der Waals surface area (Å²) in [4.78, 5) is 19.6. The maximum absolute atomic E-state index is 10.7. The van der Waals surface area contributed by atoms with Crippen molar-refractivity contribution < 1.29 is 27.9 Å². The molecule has 19 heavy (non-hydrogen) atoms. The molecule has 0 atom stereocenters. The van der Waals surface area contributed by atoms with E-state index in [1.54, 1.807) is 12.1 Å². The van der Waals surface area contributed by atoms with Crippen molar-refractivity contribution in [3.63, 3.8) is 0 Å². The second-order valence-electron chi connectivity index (χ2n) is 3.56. The number of nitrogens with two attached hydrogens (primary N) is 1. The van der Waals surface area contributed by atoms with Gasteiger partial charge in [-0.3, -0.25) is 4.79 Å². The average Bonchev–Trinajstić information content (AvgIpc) is 2.22. The predicted octanol–water partition coefficient (Wildman–Crippen LogP) is 2.17. The molecular weight excluding hydrogens is 265 g/mol. The fourth-order valence-electron chi connectivity index (χ4n) is 0.964. The number of carboxylic acids is 1. The first-order valence-electron chi connectivity index (χ1n) is 4.98. The fraction of sp³-hybridized carbons (Fsp3) is 0.273. The zero-order chi connectivity index (χ0) is 15.2. The van der Waals surface area contributed by atoms with Crippen LogP contribution in [-0.2, 0) is 9.59 Å². The molecule has 8 heteroatoms. The minimum Gasteiger partial charge on any atom is -0.475 e. The van der Waals surface area contributed by atoms with Crippen molar-refractivity contribution in [2.45, 2.75) is 20.0 Å². The molecular formula is C11H13F3N2O3. The van der Waals surface area contributed by atoms with Gasteiger partial charge in [-0.25, -0.2) is 4.79 Å². The van der Waals surface area contributed by atoms with Gasteiger partial charge in [0.1, 0.15) is 0 Å². The summed E-state index contributed by atoms with van der Waals surface area (Å²) in [6.07, 6.45) is -5.08. The van der Waals surface area contributed by atoms with Crippen molar-refractivity contribution in [3.8, 4) is 0 Å². The number of alkyl halides is 3. The van der Waals surface area contributed by atoms with Crippen molar-refractivity contribution in [1.82, 2.24) is 0 Å². The van der Waals surface area contributed by atoms with Crippen molar-refractivity contribution in [2.75, 3.05) is 11.1 Å². The van der Waals surface area contributed by atoms with Crippen LogP contribution in [0.2, 0.25) is 0 Å². The molecule has 0 aromatic heterocycles. The first kappa shape index (κ1) is 16.8. The number of aliphatic carboxylic acids is 1. The molecule has 0 saturated carbocycles. The molecule has 4 N–H and O–H groups in total. The van der Waals surface area contributed by atoms with E-state index >= 15 is 0 Å². The molecule has 0 saturated heterocycles. The largest absolute Gasteiger partial charge is 0.490 e. The molecule has 106 valence electrons. The highest BCUT2D eigenvalue weighted by atomic mass is 19.4. The van der Waals surface area contributed by atoms with Gasteiger partial charge in [0.05, 0.1) is 0 Å². The van der Waals surface area contributed by atoms with E-state index in [1.807, 2.05) is 13.0 Å². The summed E-state index contributed by atoms with van der Waals surface area (Å²) in [6, 6.07) is 5.43. The minimum atomic E-state index is -5.08. The van der Waals surface area contributed by atoms with E-state index in [-0.39, 0.29) is 5.91 Å². The summed E-state index contributed by atoms with van der Waals surface area (Å²) in [5.41, 5.74) is 8.00. The molecule has 0 radical (unpaired) electrons. The highest BCUT2D eigenvalue weighted by molar-refractivity contribution is 5.90. The zero-order valence-electron chi connectivity index (χ0n) is 10.2. The summed E-state index contributed by atoms with van der Waals surface area (Å²) in [6.45, 7) is 3.40. The number of nitrogens with one attached hydrogen (secondary N) is 1. The molecule has 1 aromatic carbocycles. The smallest absolute Gasteiger partial charge is 0.475 e. The maximum atomic E-state index is 10.7. The van der Waals surface area contributed by atoms with E-state index in [4.69, 9.17) is 15.6 Å². The van der Waals surface area contributed by atoms with E-state index in [9.17, 15) is 18.0 Å². The Morgan fingerprint density at radius 1 is 1.32 bits per heavy atom. The molecule has 1 amide bonds. The average molecular weight is 278 g/mol. The van der Waals surface area contributed by atoms with Crippen LogP contribution < -0.4 is 11.1 Å². The Kier molecular flexibility index (Phi) is 5.84. The number of aryl methyl sites for hydroxylation is 1. The van der Waals surface area contributed by atoms with E-state index in [0.717, 1.165) is 11.3 Å². The Hall–Kier alpha value is -2.25. The number of rotatable bonds is 1. The molecule has 0 aliphatic carbocycles. The Bertz CT molecular complexity index is 473. The van der Waals surface area contributed by atoms with Crippen LogP contribution in [0, 0.1) is 6.92 Å². The van der Waals surface area contributed by atoms with Crippen LogP contribution in [0.5, 0.6) is 0 Å². The minimum absolute atomic E-state index is 0.0799. The summed E-state index contributed by atoms with van der Waals surface area (Å²) in [7, 11) is 0. The van der Waals surface area contributed by atoms with Crippen LogP contribution in [0.15, 0.2) is 18.2 Å². The van der Waals surface area contributed by atoms with Gasteiger partial charge in [0.15, 0.2) is 0 Å². The number of benzene rings is 1. The van der Waals surface area contributed by atoms with Gasteiger partial charge in [-0.05, 0) is 24.6 Å². The van der Waals surface area contributed by atoms with E-state index < -0.39 is 12.1 Å².